The fraction of sp³-hybridized carbons (Fsp3) is 0.462. The van der Waals surface area contributed by atoms with Gasteiger partial charge < -0.3 is 0 Å². The molecule has 0 aliphatic rings. The van der Waals surface area contributed by atoms with Gasteiger partial charge in [-0.3, -0.25) is 0 Å². The van der Waals surface area contributed by atoms with E-state index < -0.39 is 0 Å². The van der Waals surface area contributed by atoms with Gasteiger partial charge in [0.1, 0.15) is 0 Å². The number of hydrogen-bond acceptors (Lipinski definition) is 1. The fourth-order valence-electron chi connectivity index (χ4n) is 1.47. The van der Waals surface area contributed by atoms with Crippen LogP contribution >= 0.6 is 0 Å². The highest BCUT2D eigenvalue weighted by atomic mass is 15.6. The highest BCUT2D eigenvalue weighted by molar-refractivity contribution is 5.98. The number of nitrogens with zero attached hydrogens (tertiary/aromatic N) is 2. The molecule has 15 heavy (non-hydrogen) atoms. The number of aryl methyl sites for hydroxylation is 2. The van der Waals surface area contributed by atoms with E-state index in [0.717, 1.165) is 5.71 Å². The van der Waals surface area contributed by atoms with Gasteiger partial charge in [0.05, 0.1) is 26.9 Å². The predicted octanol–water partition coefficient (Wildman–Crippen LogP) is 2.73. The van der Waals surface area contributed by atoms with Crippen LogP contribution in [0.1, 0.15) is 23.6 Å². The number of quaternary nitrogens is 1. The predicted molar refractivity (Wildman–Crippen MR) is 66.2 cm³/mol. The third-order valence-corrected chi connectivity index (χ3v) is 2.37. The lowest BCUT2D eigenvalue weighted by molar-refractivity contribution is -0.877. The van der Waals surface area contributed by atoms with E-state index in [0.29, 0.717) is 4.59 Å². The Morgan fingerprint density at radius 1 is 1.07 bits per heavy atom. The van der Waals surface area contributed by atoms with Gasteiger partial charge in [-0.2, -0.15) is 0 Å². The first-order chi connectivity index (χ1) is 6.79. The zero-order valence-electron chi connectivity index (χ0n) is 10.6. The Labute approximate surface area is 92.8 Å². The maximum absolute atomic E-state index is 4.60. The van der Waals surface area contributed by atoms with Crippen molar-refractivity contribution in [2.45, 2.75) is 20.8 Å². The molecule has 1 aromatic rings. The molecule has 0 fully saturated rings. The Kier molecular flexibility index (Phi) is 3.30. The van der Waals surface area contributed by atoms with E-state index >= 15 is 0 Å². The summed E-state index contributed by atoms with van der Waals surface area (Å²) in [5.41, 5.74) is 4.96. The third-order valence-electron chi connectivity index (χ3n) is 2.37. The summed E-state index contributed by atoms with van der Waals surface area (Å²) in [5, 5.41) is 4.60. The van der Waals surface area contributed by atoms with Crippen LogP contribution < -0.4 is 0 Å². The Hall–Kier alpha value is -1.15. The summed E-state index contributed by atoms with van der Waals surface area (Å²) in [6, 6.07) is 6.49. The van der Waals surface area contributed by atoms with Gasteiger partial charge in [-0.1, -0.05) is 17.2 Å². The molecule has 82 valence electrons. The minimum absolute atomic E-state index is 0.610. The smallest absolute Gasteiger partial charge is 0.0999 e. The van der Waals surface area contributed by atoms with Crippen molar-refractivity contribution in [2.24, 2.45) is 5.10 Å². The van der Waals surface area contributed by atoms with Crippen molar-refractivity contribution in [3.8, 4) is 0 Å². The van der Waals surface area contributed by atoms with Gasteiger partial charge in [-0.05, 0) is 38.0 Å². The minimum Gasteiger partial charge on any atom is -0.205 e. The quantitative estimate of drug-likeness (QED) is 0.400. The van der Waals surface area contributed by atoms with E-state index in [2.05, 4.69) is 65.2 Å². The first-order valence-electron chi connectivity index (χ1n) is 5.25. The molecule has 0 aromatic heterocycles. The maximum Gasteiger partial charge on any atom is 0.0999 e. The summed E-state index contributed by atoms with van der Waals surface area (Å²) in [7, 11) is 6.18. The second-order valence-electron chi connectivity index (χ2n) is 4.93. The van der Waals surface area contributed by atoms with Crippen molar-refractivity contribution in [3.63, 3.8) is 0 Å². The van der Waals surface area contributed by atoms with E-state index in [4.69, 9.17) is 0 Å². The van der Waals surface area contributed by atoms with E-state index in [1.54, 1.807) is 0 Å². The van der Waals surface area contributed by atoms with Crippen LogP contribution in [0.2, 0.25) is 0 Å². The molecule has 0 N–H and O–H groups in total. The molecule has 0 atom stereocenters. The number of hydrogen-bond donors (Lipinski definition) is 0. The maximum atomic E-state index is 4.60. The molecule has 2 nitrogen and oxygen atoms in total. The molecule has 0 saturated heterocycles. The monoisotopic (exact) mass is 205 g/mol. The zero-order chi connectivity index (χ0) is 11.6. The molecule has 0 spiro atoms. The van der Waals surface area contributed by atoms with E-state index in [1.807, 2.05) is 0 Å². The van der Waals surface area contributed by atoms with Crippen LogP contribution in [0, 0.1) is 13.8 Å². The van der Waals surface area contributed by atoms with Crippen LogP contribution in [0.3, 0.4) is 0 Å². The van der Waals surface area contributed by atoms with E-state index in [-0.39, 0.29) is 0 Å². The van der Waals surface area contributed by atoms with Crippen molar-refractivity contribution in [1.29, 1.82) is 0 Å². The average Bonchev–Trinajstić information content (AvgIpc) is 2.06. The van der Waals surface area contributed by atoms with Crippen molar-refractivity contribution in [3.05, 3.63) is 34.9 Å². The Bertz CT molecular complexity index is 384. The average molecular weight is 205 g/mol. The third kappa shape index (κ3) is 3.48. The first kappa shape index (κ1) is 11.9. The van der Waals surface area contributed by atoms with Crippen molar-refractivity contribution < 1.29 is 4.59 Å². The van der Waals surface area contributed by atoms with Gasteiger partial charge in [-0.25, -0.2) is 4.59 Å². The Morgan fingerprint density at radius 2 is 1.67 bits per heavy atom. The molecule has 0 aliphatic carbocycles. The lowest BCUT2D eigenvalue weighted by atomic mass is 10.0. The summed E-state index contributed by atoms with van der Waals surface area (Å²) < 4.78 is 0.610. The van der Waals surface area contributed by atoms with Crippen LogP contribution in [-0.4, -0.2) is 31.4 Å². The molecule has 1 aromatic carbocycles. The standard InChI is InChI=1S/C13H21N2/c1-10-7-8-13(9-11(10)2)12(3)14-15(4,5)6/h7-9H,1-6H3/q+1/b14-12-. The van der Waals surface area contributed by atoms with Crippen molar-refractivity contribution >= 4 is 5.71 Å². The SMILES string of the molecule is C/C(=N/[N+](C)(C)C)c1ccc(C)c(C)c1. The lowest BCUT2D eigenvalue weighted by Crippen LogP contribution is -2.28. The van der Waals surface area contributed by atoms with Crippen LogP contribution in [0.5, 0.6) is 0 Å². The van der Waals surface area contributed by atoms with Crippen LogP contribution in [-0.2, 0) is 0 Å². The molecule has 1 rings (SSSR count). The molecule has 0 amide bonds. The van der Waals surface area contributed by atoms with Gasteiger partial charge in [0.15, 0.2) is 0 Å². The normalized spacial score (nSPS) is 13.1. The highest BCUT2D eigenvalue weighted by Crippen LogP contribution is 2.11. The molecule has 0 saturated carbocycles. The van der Waals surface area contributed by atoms with Gasteiger partial charge in [0, 0.05) is 5.56 Å². The van der Waals surface area contributed by atoms with Gasteiger partial charge in [0.2, 0.25) is 0 Å². The molecule has 0 aliphatic heterocycles. The van der Waals surface area contributed by atoms with Crippen molar-refractivity contribution in [1.82, 2.24) is 0 Å². The molecule has 0 heterocycles. The summed E-state index contributed by atoms with van der Waals surface area (Å²) >= 11 is 0. The van der Waals surface area contributed by atoms with Crippen LogP contribution in [0.15, 0.2) is 23.3 Å². The summed E-state index contributed by atoms with van der Waals surface area (Å²) in [6.45, 7) is 6.33. The molecule has 2 heteroatoms. The molecule has 0 radical (unpaired) electrons. The van der Waals surface area contributed by atoms with Gasteiger partial charge in [0.25, 0.3) is 0 Å². The first-order valence-corrected chi connectivity index (χ1v) is 5.25. The molecular formula is C13H21N2+. The molecular weight excluding hydrogens is 184 g/mol. The highest BCUT2D eigenvalue weighted by Gasteiger charge is 2.07. The van der Waals surface area contributed by atoms with E-state index in [1.165, 1.54) is 16.7 Å². The molecule has 0 bridgehead atoms. The van der Waals surface area contributed by atoms with E-state index in [9.17, 15) is 0 Å². The summed E-state index contributed by atoms with van der Waals surface area (Å²) in [5.74, 6) is 0. The zero-order valence-corrected chi connectivity index (χ0v) is 10.6. The van der Waals surface area contributed by atoms with Crippen molar-refractivity contribution in [2.75, 3.05) is 21.1 Å². The Morgan fingerprint density at radius 3 is 2.13 bits per heavy atom. The largest absolute Gasteiger partial charge is 0.205 e. The fourth-order valence-corrected chi connectivity index (χ4v) is 1.47. The minimum atomic E-state index is 0.610. The summed E-state index contributed by atoms with van der Waals surface area (Å²) in [4.78, 5) is 0. The van der Waals surface area contributed by atoms with Gasteiger partial charge in [-0.15, -0.1) is 0 Å². The lowest BCUT2D eigenvalue weighted by Gasteiger charge is -2.16. The topological polar surface area (TPSA) is 12.4 Å². The van der Waals surface area contributed by atoms with Crippen LogP contribution in [0.25, 0.3) is 0 Å². The second-order valence-corrected chi connectivity index (χ2v) is 4.93. The van der Waals surface area contributed by atoms with Crippen LogP contribution in [0.4, 0.5) is 0 Å². The second kappa shape index (κ2) is 4.15. The van der Waals surface area contributed by atoms with Gasteiger partial charge >= 0.3 is 0 Å². The summed E-state index contributed by atoms with van der Waals surface area (Å²) in [6.07, 6.45) is 0. The number of benzene rings is 1. The number of rotatable bonds is 2. The molecule has 0 unspecified atom stereocenters. The Balaban J connectivity index is 3.07.